The van der Waals surface area contributed by atoms with Crippen LogP contribution < -0.4 is 0 Å². The van der Waals surface area contributed by atoms with Crippen molar-refractivity contribution in [2.45, 2.75) is 37.6 Å². The van der Waals surface area contributed by atoms with E-state index in [-0.39, 0.29) is 5.41 Å². The Morgan fingerprint density at radius 1 is 1.31 bits per heavy atom. The molecule has 1 saturated carbocycles. The van der Waals surface area contributed by atoms with Gasteiger partial charge in [0.1, 0.15) is 7.28 Å². The van der Waals surface area contributed by atoms with E-state index in [0.717, 1.165) is 30.8 Å². The zero-order valence-electron chi connectivity index (χ0n) is 9.14. The first-order valence-electron chi connectivity index (χ1n) is 5.43. The third kappa shape index (κ3) is 2.11. The molecule has 0 aromatic heterocycles. The fraction of sp³-hybridized carbons (Fsp3) is 0.500. The standard InChI is InChI=1S/C12H13BF3/c1-13-8-11(5-6-11)9-3-2-4-10(7-9)12(14,15)16/h2-4,7H,5-6,8H2,1H3. The lowest BCUT2D eigenvalue weighted by molar-refractivity contribution is -0.137. The van der Waals surface area contributed by atoms with Gasteiger partial charge in [0.15, 0.2) is 0 Å². The van der Waals surface area contributed by atoms with Gasteiger partial charge in [-0.3, -0.25) is 0 Å². The Morgan fingerprint density at radius 2 is 2.00 bits per heavy atom. The molecule has 1 aliphatic rings. The summed E-state index contributed by atoms with van der Waals surface area (Å²) in [5, 5.41) is 0. The summed E-state index contributed by atoms with van der Waals surface area (Å²) in [6.45, 7) is 1.95. The molecule has 2 rings (SSSR count). The lowest BCUT2D eigenvalue weighted by atomic mass is 9.68. The summed E-state index contributed by atoms with van der Waals surface area (Å²) >= 11 is 0. The quantitative estimate of drug-likeness (QED) is 0.684. The molecule has 1 fully saturated rings. The smallest absolute Gasteiger partial charge is 0.166 e. The van der Waals surface area contributed by atoms with E-state index in [4.69, 9.17) is 0 Å². The van der Waals surface area contributed by atoms with Crippen LogP contribution in [0.15, 0.2) is 24.3 Å². The molecule has 0 amide bonds. The number of hydrogen-bond acceptors (Lipinski definition) is 0. The molecule has 0 spiro atoms. The Labute approximate surface area is 94.1 Å². The summed E-state index contributed by atoms with van der Waals surface area (Å²) in [7, 11) is 2.03. The highest BCUT2D eigenvalue weighted by atomic mass is 19.4. The predicted octanol–water partition coefficient (Wildman–Crippen LogP) is 3.91. The molecule has 0 saturated heterocycles. The van der Waals surface area contributed by atoms with Gasteiger partial charge < -0.3 is 0 Å². The van der Waals surface area contributed by atoms with Crippen molar-refractivity contribution in [2.24, 2.45) is 0 Å². The van der Waals surface area contributed by atoms with Gasteiger partial charge in [-0.1, -0.05) is 31.3 Å². The number of hydrogen-bond donors (Lipinski definition) is 0. The van der Waals surface area contributed by atoms with E-state index < -0.39 is 11.7 Å². The minimum absolute atomic E-state index is 0.00396. The monoisotopic (exact) mass is 225 g/mol. The molecule has 0 unspecified atom stereocenters. The molecule has 4 heteroatoms. The van der Waals surface area contributed by atoms with E-state index in [0.29, 0.717) is 0 Å². The first-order valence-corrected chi connectivity index (χ1v) is 5.43. The molecule has 0 nitrogen and oxygen atoms in total. The van der Waals surface area contributed by atoms with Gasteiger partial charge in [-0.25, -0.2) is 0 Å². The van der Waals surface area contributed by atoms with Crippen LogP contribution in [0.1, 0.15) is 24.0 Å². The summed E-state index contributed by atoms with van der Waals surface area (Å²) in [6, 6.07) is 5.76. The Balaban J connectivity index is 2.30. The molecule has 1 radical (unpaired) electrons. The topological polar surface area (TPSA) is 0 Å². The van der Waals surface area contributed by atoms with Crippen molar-refractivity contribution in [2.75, 3.05) is 0 Å². The fourth-order valence-electron chi connectivity index (χ4n) is 2.18. The van der Waals surface area contributed by atoms with E-state index in [1.165, 1.54) is 12.1 Å². The van der Waals surface area contributed by atoms with Crippen LogP contribution in [0.4, 0.5) is 13.2 Å². The summed E-state index contributed by atoms with van der Waals surface area (Å²) in [4.78, 5) is 0. The molecular formula is C12H13BF3. The third-order valence-electron chi connectivity index (χ3n) is 3.25. The van der Waals surface area contributed by atoms with Gasteiger partial charge >= 0.3 is 6.18 Å². The van der Waals surface area contributed by atoms with Gasteiger partial charge in [-0.2, -0.15) is 13.2 Å². The highest BCUT2D eigenvalue weighted by Crippen LogP contribution is 2.51. The second-order valence-electron chi connectivity index (χ2n) is 4.47. The Kier molecular flexibility index (Phi) is 2.76. The highest BCUT2D eigenvalue weighted by molar-refractivity contribution is 6.34. The van der Waals surface area contributed by atoms with Crippen LogP contribution in [-0.2, 0) is 11.6 Å². The van der Waals surface area contributed by atoms with Gasteiger partial charge in [-0.05, 0) is 29.9 Å². The number of halogens is 3. The van der Waals surface area contributed by atoms with Gasteiger partial charge in [0, 0.05) is 0 Å². The summed E-state index contributed by atoms with van der Waals surface area (Å²) in [5.41, 5.74) is 0.295. The average molecular weight is 225 g/mol. The first kappa shape index (κ1) is 11.6. The second kappa shape index (κ2) is 3.83. The van der Waals surface area contributed by atoms with E-state index in [1.807, 2.05) is 20.2 Å². The van der Waals surface area contributed by atoms with Gasteiger partial charge in [0.2, 0.25) is 0 Å². The van der Waals surface area contributed by atoms with E-state index in [1.54, 1.807) is 0 Å². The summed E-state index contributed by atoms with van der Waals surface area (Å²) in [5.74, 6) is 0. The summed E-state index contributed by atoms with van der Waals surface area (Å²) in [6.07, 6.45) is -1.37. The maximum atomic E-state index is 12.6. The summed E-state index contributed by atoms with van der Waals surface area (Å²) < 4.78 is 37.7. The normalized spacial score (nSPS) is 18.2. The molecule has 1 aromatic rings. The van der Waals surface area contributed by atoms with Crippen LogP contribution >= 0.6 is 0 Å². The van der Waals surface area contributed by atoms with Crippen molar-refractivity contribution in [1.82, 2.24) is 0 Å². The van der Waals surface area contributed by atoms with Crippen LogP contribution in [0.5, 0.6) is 0 Å². The molecule has 0 heterocycles. The van der Waals surface area contributed by atoms with Gasteiger partial charge in [0.25, 0.3) is 0 Å². The van der Waals surface area contributed by atoms with Crippen molar-refractivity contribution < 1.29 is 13.2 Å². The number of benzene rings is 1. The minimum Gasteiger partial charge on any atom is -0.166 e. The highest BCUT2D eigenvalue weighted by Gasteiger charge is 2.43. The maximum Gasteiger partial charge on any atom is 0.416 e. The largest absolute Gasteiger partial charge is 0.416 e. The third-order valence-corrected chi connectivity index (χ3v) is 3.25. The molecule has 85 valence electrons. The molecule has 0 aliphatic heterocycles. The van der Waals surface area contributed by atoms with Crippen LogP contribution in [-0.4, -0.2) is 7.28 Å². The van der Waals surface area contributed by atoms with Gasteiger partial charge in [-0.15, -0.1) is 0 Å². The number of rotatable bonds is 3. The lowest BCUT2D eigenvalue weighted by Crippen LogP contribution is -2.11. The van der Waals surface area contributed by atoms with Crippen molar-refractivity contribution in [1.29, 1.82) is 0 Å². The fourth-order valence-corrected chi connectivity index (χ4v) is 2.18. The first-order chi connectivity index (χ1) is 7.48. The molecule has 0 atom stereocenters. The van der Waals surface area contributed by atoms with Crippen LogP contribution in [0.2, 0.25) is 13.1 Å². The Bertz CT molecular complexity index is 380. The lowest BCUT2D eigenvalue weighted by Gasteiger charge is -2.16. The molecule has 0 bridgehead atoms. The van der Waals surface area contributed by atoms with Crippen molar-refractivity contribution in [3.63, 3.8) is 0 Å². The molecule has 1 aliphatic carbocycles. The van der Waals surface area contributed by atoms with E-state index >= 15 is 0 Å². The SMILES string of the molecule is C[B]CC1(c2cccc(C(F)(F)F)c2)CC1. The number of alkyl halides is 3. The van der Waals surface area contributed by atoms with Crippen molar-refractivity contribution in [3.05, 3.63) is 35.4 Å². The molecular weight excluding hydrogens is 212 g/mol. The van der Waals surface area contributed by atoms with Crippen LogP contribution in [0.25, 0.3) is 0 Å². The maximum absolute atomic E-state index is 12.6. The van der Waals surface area contributed by atoms with Crippen LogP contribution in [0.3, 0.4) is 0 Å². The second-order valence-corrected chi connectivity index (χ2v) is 4.47. The molecule has 16 heavy (non-hydrogen) atoms. The zero-order valence-corrected chi connectivity index (χ0v) is 9.14. The van der Waals surface area contributed by atoms with Crippen molar-refractivity contribution in [3.8, 4) is 0 Å². The van der Waals surface area contributed by atoms with Crippen LogP contribution in [0, 0.1) is 0 Å². The van der Waals surface area contributed by atoms with Gasteiger partial charge in [0.05, 0.1) is 5.56 Å². The van der Waals surface area contributed by atoms with E-state index in [2.05, 4.69) is 0 Å². The van der Waals surface area contributed by atoms with E-state index in [9.17, 15) is 13.2 Å². The Hall–Kier alpha value is -0.925. The Morgan fingerprint density at radius 3 is 2.50 bits per heavy atom. The predicted molar refractivity (Wildman–Crippen MR) is 58.8 cm³/mol. The molecule has 0 N–H and O–H groups in total. The zero-order chi connectivity index (χ0) is 11.8. The van der Waals surface area contributed by atoms with Crippen molar-refractivity contribution >= 4 is 7.28 Å². The minimum atomic E-state index is -4.23. The average Bonchev–Trinajstić information content (AvgIpc) is 2.99. The molecule has 1 aromatic carbocycles.